The molecule has 0 amide bonds. The highest BCUT2D eigenvalue weighted by molar-refractivity contribution is 6.05. The summed E-state index contributed by atoms with van der Waals surface area (Å²) in [7, 11) is 2.50. The van der Waals surface area contributed by atoms with Gasteiger partial charge in [0.2, 0.25) is 5.89 Å². The Balaban J connectivity index is 1.82. The number of methoxy groups -OCH3 is 2. The Labute approximate surface area is 177 Å². The zero-order chi connectivity index (χ0) is 22.0. The molecule has 8 nitrogen and oxygen atoms in total. The van der Waals surface area contributed by atoms with Crippen LogP contribution < -0.4 is 10.6 Å². The van der Waals surface area contributed by atoms with Gasteiger partial charge in [0, 0.05) is 23.1 Å². The minimum atomic E-state index is -0.681. The molecule has 0 radical (unpaired) electrons. The van der Waals surface area contributed by atoms with Crippen LogP contribution in [-0.2, 0) is 19.1 Å². The van der Waals surface area contributed by atoms with E-state index in [0.717, 1.165) is 0 Å². The molecule has 0 atom stereocenters. The lowest BCUT2D eigenvalue weighted by molar-refractivity contribution is -0.139. The van der Waals surface area contributed by atoms with Gasteiger partial charge in [0.15, 0.2) is 5.58 Å². The molecular weight excluding hydrogens is 398 g/mol. The van der Waals surface area contributed by atoms with Crippen molar-refractivity contribution < 1.29 is 23.5 Å². The lowest BCUT2D eigenvalue weighted by Gasteiger charge is -2.23. The standard InChI is InChI=1S/C23H19N3O5/c1-29-22(27)17-8-3-4-11-26(20(17)23(28)30-2)16-7-5-6-14(12-16)21-25-18-13-15(24)9-10-19(18)31-21/h3-13H,24H2,1-2H3. The van der Waals surface area contributed by atoms with Crippen molar-refractivity contribution in [1.29, 1.82) is 0 Å². The van der Waals surface area contributed by atoms with E-state index in [1.807, 2.05) is 6.07 Å². The predicted octanol–water partition coefficient (Wildman–Crippen LogP) is 3.57. The fraction of sp³-hybridized carbons (Fsp3) is 0.0870. The van der Waals surface area contributed by atoms with E-state index < -0.39 is 11.9 Å². The molecular formula is C23H19N3O5. The summed E-state index contributed by atoms with van der Waals surface area (Å²) in [5.41, 5.74) is 9.04. The molecule has 2 aromatic carbocycles. The van der Waals surface area contributed by atoms with Crippen molar-refractivity contribution in [1.82, 2.24) is 4.98 Å². The van der Waals surface area contributed by atoms with Crippen LogP contribution in [0.25, 0.3) is 22.6 Å². The Kier molecular flexibility index (Phi) is 5.28. The number of carbonyl (C=O) groups is 2. The lowest BCUT2D eigenvalue weighted by Crippen LogP contribution is -2.26. The summed E-state index contributed by atoms with van der Waals surface area (Å²) in [6.07, 6.45) is 6.51. The average molecular weight is 417 g/mol. The van der Waals surface area contributed by atoms with E-state index in [-0.39, 0.29) is 11.3 Å². The van der Waals surface area contributed by atoms with Crippen LogP contribution >= 0.6 is 0 Å². The van der Waals surface area contributed by atoms with Crippen molar-refractivity contribution in [2.75, 3.05) is 24.9 Å². The van der Waals surface area contributed by atoms with E-state index in [0.29, 0.717) is 33.9 Å². The average Bonchev–Trinajstić information content (AvgIpc) is 3.08. The van der Waals surface area contributed by atoms with Gasteiger partial charge in [-0.25, -0.2) is 14.6 Å². The van der Waals surface area contributed by atoms with Gasteiger partial charge in [-0.1, -0.05) is 12.1 Å². The number of nitrogens with zero attached hydrogens (tertiary/aromatic N) is 2. The summed E-state index contributed by atoms with van der Waals surface area (Å²) in [4.78, 5) is 31.0. The van der Waals surface area contributed by atoms with Crippen LogP contribution in [0.5, 0.6) is 0 Å². The number of anilines is 2. The van der Waals surface area contributed by atoms with Crippen LogP contribution in [0.15, 0.2) is 82.6 Å². The van der Waals surface area contributed by atoms with E-state index in [1.54, 1.807) is 59.7 Å². The molecule has 1 aliphatic heterocycles. The summed E-state index contributed by atoms with van der Waals surface area (Å²) in [6.45, 7) is 0. The molecule has 0 fully saturated rings. The number of rotatable bonds is 4. The third-order valence-corrected chi connectivity index (χ3v) is 4.67. The van der Waals surface area contributed by atoms with Gasteiger partial charge in [0.25, 0.3) is 0 Å². The van der Waals surface area contributed by atoms with E-state index >= 15 is 0 Å². The molecule has 3 aromatic rings. The second kappa shape index (κ2) is 8.19. The van der Waals surface area contributed by atoms with Crippen LogP contribution in [0.3, 0.4) is 0 Å². The van der Waals surface area contributed by atoms with E-state index in [4.69, 9.17) is 19.6 Å². The first-order valence-electron chi connectivity index (χ1n) is 9.33. The highest BCUT2D eigenvalue weighted by atomic mass is 16.5. The number of nitrogens with two attached hydrogens (primary N) is 1. The molecule has 0 bridgehead atoms. The maximum atomic E-state index is 12.6. The maximum Gasteiger partial charge on any atom is 0.355 e. The molecule has 0 saturated heterocycles. The molecule has 0 saturated carbocycles. The fourth-order valence-electron chi connectivity index (χ4n) is 3.22. The van der Waals surface area contributed by atoms with Crippen molar-refractivity contribution >= 4 is 34.4 Å². The maximum absolute atomic E-state index is 12.6. The normalized spacial score (nSPS) is 13.4. The van der Waals surface area contributed by atoms with Gasteiger partial charge in [-0.05, 0) is 48.6 Å². The van der Waals surface area contributed by atoms with Gasteiger partial charge in [-0.2, -0.15) is 0 Å². The largest absolute Gasteiger partial charge is 0.465 e. The third kappa shape index (κ3) is 3.78. The Morgan fingerprint density at radius 2 is 1.84 bits per heavy atom. The number of fused-ring (bicyclic) bond motifs is 1. The topological polar surface area (TPSA) is 108 Å². The number of allylic oxidation sites excluding steroid dienone is 2. The third-order valence-electron chi connectivity index (χ3n) is 4.67. The molecule has 1 aromatic heterocycles. The number of oxazole rings is 1. The predicted molar refractivity (Wildman–Crippen MR) is 116 cm³/mol. The summed E-state index contributed by atoms with van der Waals surface area (Å²) in [5, 5.41) is 0. The first-order valence-corrected chi connectivity index (χ1v) is 9.33. The number of ether oxygens (including phenoxy) is 2. The monoisotopic (exact) mass is 417 g/mol. The van der Waals surface area contributed by atoms with Gasteiger partial charge in [0.1, 0.15) is 11.2 Å². The van der Waals surface area contributed by atoms with Crippen molar-refractivity contribution in [3.8, 4) is 11.5 Å². The molecule has 4 rings (SSSR count). The van der Waals surface area contributed by atoms with Crippen LogP contribution in [-0.4, -0.2) is 31.1 Å². The number of nitrogen functional groups attached to an aromatic ring is 1. The zero-order valence-corrected chi connectivity index (χ0v) is 16.9. The zero-order valence-electron chi connectivity index (χ0n) is 16.9. The molecule has 2 heterocycles. The minimum Gasteiger partial charge on any atom is -0.465 e. The Morgan fingerprint density at radius 1 is 1.03 bits per heavy atom. The fourth-order valence-corrected chi connectivity index (χ4v) is 3.22. The van der Waals surface area contributed by atoms with E-state index in [2.05, 4.69) is 4.98 Å². The number of carbonyl (C=O) groups excluding carboxylic acids is 2. The summed E-state index contributed by atoms with van der Waals surface area (Å²) >= 11 is 0. The summed E-state index contributed by atoms with van der Waals surface area (Å²) in [5.74, 6) is -0.937. The highest BCUT2D eigenvalue weighted by Crippen LogP contribution is 2.31. The molecule has 0 spiro atoms. The van der Waals surface area contributed by atoms with Crippen molar-refractivity contribution in [3.05, 3.63) is 78.2 Å². The molecule has 156 valence electrons. The van der Waals surface area contributed by atoms with Crippen LogP contribution in [0, 0.1) is 0 Å². The quantitative estimate of drug-likeness (QED) is 0.507. The Morgan fingerprint density at radius 3 is 2.61 bits per heavy atom. The lowest BCUT2D eigenvalue weighted by atomic mass is 10.1. The summed E-state index contributed by atoms with van der Waals surface area (Å²) in [6, 6.07) is 12.4. The first-order chi connectivity index (χ1) is 15.0. The number of aromatic nitrogens is 1. The number of benzene rings is 2. The molecule has 2 N–H and O–H groups in total. The first kappa shape index (κ1) is 20.0. The number of esters is 2. The summed E-state index contributed by atoms with van der Waals surface area (Å²) < 4.78 is 15.6. The second-order valence-electron chi connectivity index (χ2n) is 6.61. The molecule has 0 unspecified atom stereocenters. The van der Waals surface area contributed by atoms with Crippen molar-refractivity contribution in [3.63, 3.8) is 0 Å². The molecule has 0 aliphatic carbocycles. The second-order valence-corrected chi connectivity index (χ2v) is 6.61. The number of hydrogen-bond acceptors (Lipinski definition) is 8. The van der Waals surface area contributed by atoms with Crippen LogP contribution in [0.2, 0.25) is 0 Å². The molecule has 8 heteroatoms. The van der Waals surface area contributed by atoms with Gasteiger partial charge in [-0.3, -0.25) is 0 Å². The van der Waals surface area contributed by atoms with Gasteiger partial charge >= 0.3 is 11.9 Å². The van der Waals surface area contributed by atoms with E-state index in [1.165, 1.54) is 20.3 Å². The van der Waals surface area contributed by atoms with Crippen molar-refractivity contribution in [2.24, 2.45) is 0 Å². The Hall–Kier alpha value is -4.33. The smallest absolute Gasteiger partial charge is 0.355 e. The SMILES string of the molecule is COC(=O)C1=C(C(=O)OC)N(c2cccc(-c3nc4cc(N)ccc4o3)c2)C=CC=C1. The van der Waals surface area contributed by atoms with Crippen LogP contribution in [0.4, 0.5) is 11.4 Å². The molecule has 1 aliphatic rings. The van der Waals surface area contributed by atoms with Gasteiger partial charge in [-0.15, -0.1) is 0 Å². The van der Waals surface area contributed by atoms with Gasteiger partial charge < -0.3 is 24.5 Å². The van der Waals surface area contributed by atoms with Crippen LogP contribution in [0.1, 0.15) is 0 Å². The molecule has 31 heavy (non-hydrogen) atoms. The van der Waals surface area contributed by atoms with Crippen molar-refractivity contribution in [2.45, 2.75) is 0 Å². The van der Waals surface area contributed by atoms with E-state index in [9.17, 15) is 9.59 Å². The number of hydrogen-bond donors (Lipinski definition) is 1. The minimum absolute atomic E-state index is 0.0295. The Bertz CT molecular complexity index is 1270. The van der Waals surface area contributed by atoms with Gasteiger partial charge in [0.05, 0.1) is 19.8 Å². The highest BCUT2D eigenvalue weighted by Gasteiger charge is 2.27.